The summed E-state index contributed by atoms with van der Waals surface area (Å²) in [6.07, 6.45) is 2.30. The first-order valence-electron chi connectivity index (χ1n) is 6.80. The van der Waals surface area contributed by atoms with E-state index in [9.17, 15) is 4.79 Å². The van der Waals surface area contributed by atoms with Crippen LogP contribution in [-0.4, -0.2) is 62.4 Å². The second kappa shape index (κ2) is 7.71. The van der Waals surface area contributed by atoms with E-state index in [1.165, 1.54) is 0 Å². The summed E-state index contributed by atoms with van der Waals surface area (Å²) in [4.78, 5) is 14.5. The van der Waals surface area contributed by atoms with Gasteiger partial charge in [-0.3, -0.25) is 4.79 Å². The van der Waals surface area contributed by atoms with Crippen LogP contribution < -0.4 is 5.32 Å². The highest BCUT2D eigenvalue weighted by atomic mass is 16.5. The number of amides is 1. The highest BCUT2D eigenvalue weighted by Gasteiger charge is 2.41. The summed E-state index contributed by atoms with van der Waals surface area (Å²) in [6.45, 7) is 5.66. The second-order valence-corrected chi connectivity index (χ2v) is 4.93. The average molecular weight is 258 g/mol. The smallest absolute Gasteiger partial charge is 0.231 e. The maximum Gasteiger partial charge on any atom is 0.231 e. The number of ether oxygens (including phenoxy) is 1. The van der Waals surface area contributed by atoms with E-state index < -0.39 is 0 Å². The maximum atomic E-state index is 12.7. The van der Waals surface area contributed by atoms with Gasteiger partial charge in [0.25, 0.3) is 0 Å². The molecule has 0 saturated carbocycles. The number of nitrogens with zero attached hydrogens (tertiary/aromatic N) is 1. The summed E-state index contributed by atoms with van der Waals surface area (Å²) in [5.41, 5.74) is -0.370. The van der Waals surface area contributed by atoms with Gasteiger partial charge in [-0.2, -0.15) is 0 Å². The normalized spacial score (nSPS) is 18.6. The molecule has 0 aromatic carbocycles. The molecule has 106 valence electrons. The van der Waals surface area contributed by atoms with Gasteiger partial charge < -0.3 is 20.1 Å². The van der Waals surface area contributed by atoms with Gasteiger partial charge in [-0.15, -0.1) is 0 Å². The van der Waals surface area contributed by atoms with E-state index in [4.69, 9.17) is 9.84 Å². The Labute approximate surface area is 109 Å². The minimum atomic E-state index is -0.370. The van der Waals surface area contributed by atoms with E-state index >= 15 is 0 Å². The molecule has 0 unspecified atom stereocenters. The summed E-state index contributed by atoms with van der Waals surface area (Å²) in [7, 11) is 1.65. The zero-order valence-corrected chi connectivity index (χ0v) is 11.6. The van der Waals surface area contributed by atoms with E-state index in [0.29, 0.717) is 26.1 Å². The molecule has 0 aromatic heterocycles. The van der Waals surface area contributed by atoms with Crippen molar-refractivity contribution < 1.29 is 14.6 Å². The molecule has 1 fully saturated rings. The highest BCUT2D eigenvalue weighted by molar-refractivity contribution is 5.83. The first kappa shape index (κ1) is 15.4. The van der Waals surface area contributed by atoms with Crippen LogP contribution in [0.15, 0.2) is 0 Å². The number of hydrogen-bond donors (Lipinski definition) is 2. The molecule has 5 nitrogen and oxygen atoms in total. The number of aliphatic hydroxyl groups excluding tert-OH is 1. The van der Waals surface area contributed by atoms with Crippen LogP contribution in [0.1, 0.15) is 26.2 Å². The van der Waals surface area contributed by atoms with Crippen LogP contribution in [0.2, 0.25) is 0 Å². The van der Waals surface area contributed by atoms with Crippen molar-refractivity contribution in [2.24, 2.45) is 5.41 Å². The van der Waals surface area contributed by atoms with E-state index in [2.05, 4.69) is 5.32 Å². The fourth-order valence-electron chi connectivity index (χ4n) is 2.60. The van der Waals surface area contributed by atoms with Crippen molar-refractivity contribution in [1.29, 1.82) is 0 Å². The monoisotopic (exact) mass is 258 g/mol. The average Bonchev–Trinajstić information content (AvgIpc) is 2.41. The van der Waals surface area contributed by atoms with Crippen molar-refractivity contribution in [3.05, 3.63) is 0 Å². The van der Waals surface area contributed by atoms with Gasteiger partial charge in [0.2, 0.25) is 5.91 Å². The molecule has 0 bridgehead atoms. The molecule has 1 rings (SSSR count). The molecule has 1 aliphatic rings. The number of carbonyl (C=O) groups is 1. The first-order valence-corrected chi connectivity index (χ1v) is 6.80. The van der Waals surface area contributed by atoms with Crippen LogP contribution in [0.4, 0.5) is 0 Å². The van der Waals surface area contributed by atoms with Crippen LogP contribution in [0.3, 0.4) is 0 Å². The molecular formula is C13H26N2O3. The van der Waals surface area contributed by atoms with Crippen LogP contribution in [0.5, 0.6) is 0 Å². The van der Waals surface area contributed by atoms with Crippen LogP contribution in [0.25, 0.3) is 0 Å². The summed E-state index contributed by atoms with van der Waals surface area (Å²) in [5.74, 6) is 0.182. The molecule has 2 N–H and O–H groups in total. The van der Waals surface area contributed by atoms with Gasteiger partial charge in [0.05, 0.1) is 12.0 Å². The number of carbonyl (C=O) groups excluding carboxylic acids is 1. The lowest BCUT2D eigenvalue weighted by Crippen LogP contribution is -2.51. The lowest BCUT2D eigenvalue weighted by atomic mass is 9.78. The van der Waals surface area contributed by atoms with Gasteiger partial charge in [-0.05, 0) is 39.3 Å². The largest absolute Gasteiger partial charge is 0.396 e. The minimum Gasteiger partial charge on any atom is -0.396 e. The molecule has 1 saturated heterocycles. The van der Waals surface area contributed by atoms with E-state index in [1.807, 2.05) is 11.8 Å². The number of nitrogens with one attached hydrogen (secondary N) is 1. The lowest BCUT2D eigenvalue weighted by molar-refractivity contribution is -0.147. The quantitative estimate of drug-likeness (QED) is 0.686. The standard InChI is InChI=1S/C13H26N2O3/c1-3-15(9-4-10-16)12(17)13(11-18-2)5-7-14-8-6-13/h14,16H,3-11H2,1-2H3. The third-order valence-corrected chi connectivity index (χ3v) is 3.69. The van der Waals surface area contributed by atoms with Crippen molar-refractivity contribution >= 4 is 5.91 Å². The molecule has 1 amide bonds. The van der Waals surface area contributed by atoms with Gasteiger partial charge in [-0.1, -0.05) is 0 Å². The van der Waals surface area contributed by atoms with Crippen molar-refractivity contribution in [1.82, 2.24) is 10.2 Å². The van der Waals surface area contributed by atoms with Gasteiger partial charge in [0, 0.05) is 26.8 Å². The third kappa shape index (κ3) is 3.67. The second-order valence-electron chi connectivity index (χ2n) is 4.93. The fraction of sp³-hybridized carbons (Fsp3) is 0.923. The lowest BCUT2D eigenvalue weighted by Gasteiger charge is -2.39. The van der Waals surface area contributed by atoms with Crippen LogP contribution in [0, 0.1) is 5.41 Å². The molecule has 0 aliphatic carbocycles. The number of hydrogen-bond acceptors (Lipinski definition) is 4. The molecule has 5 heteroatoms. The van der Waals surface area contributed by atoms with E-state index in [0.717, 1.165) is 25.9 Å². The Kier molecular flexibility index (Phi) is 6.60. The van der Waals surface area contributed by atoms with Crippen molar-refractivity contribution in [2.75, 3.05) is 46.5 Å². The van der Waals surface area contributed by atoms with Gasteiger partial charge in [-0.25, -0.2) is 0 Å². The Bertz CT molecular complexity index is 247. The Morgan fingerprint density at radius 3 is 2.61 bits per heavy atom. The minimum absolute atomic E-state index is 0.128. The van der Waals surface area contributed by atoms with Crippen molar-refractivity contribution in [3.63, 3.8) is 0 Å². The van der Waals surface area contributed by atoms with Gasteiger partial charge in [0.1, 0.15) is 0 Å². The first-order chi connectivity index (χ1) is 8.70. The number of methoxy groups -OCH3 is 1. The molecule has 18 heavy (non-hydrogen) atoms. The van der Waals surface area contributed by atoms with Gasteiger partial charge in [0.15, 0.2) is 0 Å². The summed E-state index contributed by atoms with van der Waals surface area (Å²) in [6, 6.07) is 0. The van der Waals surface area contributed by atoms with Crippen LogP contribution in [-0.2, 0) is 9.53 Å². The van der Waals surface area contributed by atoms with Crippen molar-refractivity contribution in [2.45, 2.75) is 26.2 Å². The van der Waals surface area contributed by atoms with E-state index in [1.54, 1.807) is 7.11 Å². The molecule has 0 spiro atoms. The topological polar surface area (TPSA) is 61.8 Å². The SMILES string of the molecule is CCN(CCCO)C(=O)C1(COC)CCNCC1. The Hall–Kier alpha value is -0.650. The number of rotatable bonds is 7. The Morgan fingerprint density at radius 1 is 1.44 bits per heavy atom. The van der Waals surface area contributed by atoms with Crippen LogP contribution >= 0.6 is 0 Å². The molecule has 1 heterocycles. The maximum absolute atomic E-state index is 12.7. The predicted octanol–water partition coefficient (Wildman–Crippen LogP) is 0.234. The zero-order valence-electron chi connectivity index (χ0n) is 11.6. The van der Waals surface area contributed by atoms with E-state index in [-0.39, 0.29) is 17.9 Å². The summed E-state index contributed by atoms with van der Waals surface area (Å²) < 4.78 is 5.28. The van der Waals surface area contributed by atoms with Gasteiger partial charge >= 0.3 is 0 Å². The molecule has 0 radical (unpaired) electrons. The molecule has 0 aromatic rings. The number of piperidine rings is 1. The summed E-state index contributed by atoms with van der Waals surface area (Å²) in [5, 5.41) is 12.2. The predicted molar refractivity (Wildman–Crippen MR) is 70.4 cm³/mol. The summed E-state index contributed by atoms with van der Waals surface area (Å²) >= 11 is 0. The molecule has 0 atom stereocenters. The third-order valence-electron chi connectivity index (χ3n) is 3.69. The highest BCUT2D eigenvalue weighted by Crippen LogP contribution is 2.31. The molecule has 1 aliphatic heterocycles. The fourth-order valence-corrected chi connectivity index (χ4v) is 2.60. The zero-order chi connectivity index (χ0) is 13.4. The molecular weight excluding hydrogens is 232 g/mol. The Morgan fingerprint density at radius 2 is 2.11 bits per heavy atom. The number of aliphatic hydroxyl groups is 1. The Balaban J connectivity index is 2.73. The van der Waals surface area contributed by atoms with Crippen molar-refractivity contribution in [3.8, 4) is 0 Å².